The number of anilines is 1. The van der Waals surface area contributed by atoms with Gasteiger partial charge in [-0.25, -0.2) is 4.39 Å². The van der Waals surface area contributed by atoms with Crippen molar-refractivity contribution in [1.29, 1.82) is 0 Å². The molecule has 1 aliphatic carbocycles. The lowest BCUT2D eigenvalue weighted by Crippen LogP contribution is -2.37. The topological polar surface area (TPSA) is 38.0 Å². The van der Waals surface area contributed by atoms with E-state index in [-0.39, 0.29) is 17.6 Å². The number of halogens is 4. The number of hydrogen-bond acceptors (Lipinski definition) is 2. The molecule has 1 aliphatic rings. The van der Waals surface area contributed by atoms with Gasteiger partial charge in [-0.05, 0) is 37.0 Å². The van der Waals surface area contributed by atoms with Gasteiger partial charge in [0.15, 0.2) is 0 Å². The number of nitrogens with two attached hydrogens (primary N) is 1. The summed E-state index contributed by atoms with van der Waals surface area (Å²) >= 11 is 0. The molecular formula is C14H18F4N2. The Morgan fingerprint density at radius 1 is 1.20 bits per heavy atom. The maximum atomic E-state index is 13.6. The SMILES string of the molecule is NC1CCCCC1CNc1ccc(C(F)(F)F)cc1F. The first kappa shape index (κ1) is 15.1. The second-order valence-corrected chi connectivity index (χ2v) is 5.28. The number of rotatable bonds is 3. The highest BCUT2D eigenvalue weighted by atomic mass is 19.4. The van der Waals surface area contributed by atoms with Gasteiger partial charge in [-0.15, -0.1) is 0 Å². The number of hydrogen-bond donors (Lipinski definition) is 2. The molecule has 0 spiro atoms. The first-order chi connectivity index (χ1) is 9.38. The summed E-state index contributed by atoms with van der Waals surface area (Å²) in [6.45, 7) is 0.490. The van der Waals surface area contributed by atoms with Crippen molar-refractivity contribution in [3.8, 4) is 0 Å². The average molecular weight is 290 g/mol. The van der Waals surface area contributed by atoms with Crippen molar-refractivity contribution in [2.75, 3.05) is 11.9 Å². The van der Waals surface area contributed by atoms with Gasteiger partial charge in [-0.3, -0.25) is 0 Å². The summed E-state index contributed by atoms with van der Waals surface area (Å²) in [4.78, 5) is 0. The fourth-order valence-electron chi connectivity index (χ4n) is 2.57. The number of alkyl halides is 3. The summed E-state index contributed by atoms with van der Waals surface area (Å²) in [5.41, 5.74) is 5.10. The van der Waals surface area contributed by atoms with Crippen molar-refractivity contribution in [2.24, 2.45) is 11.7 Å². The Balaban J connectivity index is 1.99. The summed E-state index contributed by atoms with van der Waals surface area (Å²) in [5.74, 6) is -0.644. The van der Waals surface area contributed by atoms with Gasteiger partial charge in [-0.1, -0.05) is 12.8 Å². The Hall–Kier alpha value is -1.30. The van der Waals surface area contributed by atoms with Gasteiger partial charge in [0.25, 0.3) is 0 Å². The number of nitrogens with one attached hydrogen (secondary N) is 1. The molecule has 2 unspecified atom stereocenters. The molecular weight excluding hydrogens is 272 g/mol. The van der Waals surface area contributed by atoms with Gasteiger partial charge >= 0.3 is 6.18 Å². The highest BCUT2D eigenvalue weighted by molar-refractivity contribution is 5.46. The zero-order valence-corrected chi connectivity index (χ0v) is 11.0. The minimum absolute atomic E-state index is 0.0776. The molecule has 1 aromatic carbocycles. The monoisotopic (exact) mass is 290 g/mol. The molecule has 20 heavy (non-hydrogen) atoms. The Morgan fingerprint density at radius 2 is 1.90 bits per heavy atom. The Labute approximate surface area is 115 Å². The summed E-state index contributed by atoms with van der Waals surface area (Å²) < 4.78 is 50.9. The van der Waals surface area contributed by atoms with Crippen LogP contribution in [0.5, 0.6) is 0 Å². The van der Waals surface area contributed by atoms with Crippen LogP contribution in [0.15, 0.2) is 18.2 Å². The molecule has 112 valence electrons. The fourth-order valence-corrected chi connectivity index (χ4v) is 2.57. The molecule has 6 heteroatoms. The van der Waals surface area contributed by atoms with Crippen LogP contribution in [0.4, 0.5) is 23.2 Å². The van der Waals surface area contributed by atoms with Crippen molar-refractivity contribution in [3.63, 3.8) is 0 Å². The summed E-state index contributed by atoms with van der Waals surface area (Å²) in [5, 5.41) is 2.87. The Bertz CT molecular complexity index is 459. The van der Waals surface area contributed by atoms with E-state index in [1.165, 1.54) is 0 Å². The van der Waals surface area contributed by atoms with E-state index in [2.05, 4.69) is 5.32 Å². The van der Waals surface area contributed by atoms with E-state index in [1.54, 1.807) is 0 Å². The van der Waals surface area contributed by atoms with Crippen LogP contribution in [0.2, 0.25) is 0 Å². The highest BCUT2D eigenvalue weighted by Gasteiger charge is 2.31. The van der Waals surface area contributed by atoms with Crippen LogP contribution in [0.25, 0.3) is 0 Å². The zero-order chi connectivity index (χ0) is 14.8. The third kappa shape index (κ3) is 3.62. The highest BCUT2D eigenvalue weighted by Crippen LogP contribution is 2.31. The molecule has 0 amide bonds. The van der Waals surface area contributed by atoms with Crippen molar-refractivity contribution in [2.45, 2.75) is 37.9 Å². The van der Waals surface area contributed by atoms with Crippen LogP contribution >= 0.6 is 0 Å². The van der Waals surface area contributed by atoms with Crippen LogP contribution < -0.4 is 11.1 Å². The van der Waals surface area contributed by atoms with E-state index in [1.807, 2.05) is 0 Å². The molecule has 0 saturated heterocycles. The predicted octanol–water partition coefficient (Wildman–Crippen LogP) is 3.77. The largest absolute Gasteiger partial charge is 0.416 e. The summed E-state index contributed by atoms with van der Waals surface area (Å²) in [7, 11) is 0. The third-order valence-corrected chi connectivity index (χ3v) is 3.82. The lowest BCUT2D eigenvalue weighted by atomic mass is 9.85. The van der Waals surface area contributed by atoms with Crippen LogP contribution in [0, 0.1) is 11.7 Å². The van der Waals surface area contributed by atoms with Gasteiger partial charge < -0.3 is 11.1 Å². The van der Waals surface area contributed by atoms with Crippen LogP contribution in [-0.2, 0) is 6.18 Å². The Morgan fingerprint density at radius 3 is 2.50 bits per heavy atom. The minimum Gasteiger partial charge on any atom is -0.382 e. The average Bonchev–Trinajstić information content (AvgIpc) is 2.38. The van der Waals surface area contributed by atoms with E-state index in [4.69, 9.17) is 5.73 Å². The number of benzene rings is 1. The van der Waals surface area contributed by atoms with Gasteiger partial charge in [0.2, 0.25) is 0 Å². The Kier molecular flexibility index (Phi) is 4.52. The molecule has 1 fully saturated rings. The minimum atomic E-state index is -4.52. The second kappa shape index (κ2) is 5.99. The van der Waals surface area contributed by atoms with Crippen molar-refractivity contribution in [1.82, 2.24) is 0 Å². The standard InChI is InChI=1S/C14H18F4N2/c15-11-7-10(14(16,17)18)5-6-13(11)20-8-9-3-1-2-4-12(9)19/h5-7,9,12,20H,1-4,8,19H2. The molecule has 3 N–H and O–H groups in total. The van der Waals surface area contributed by atoms with E-state index >= 15 is 0 Å². The van der Waals surface area contributed by atoms with Crippen LogP contribution in [0.1, 0.15) is 31.2 Å². The molecule has 2 nitrogen and oxygen atoms in total. The molecule has 1 aromatic rings. The molecule has 2 atom stereocenters. The first-order valence-electron chi connectivity index (χ1n) is 6.74. The molecule has 2 rings (SSSR count). The van der Waals surface area contributed by atoms with E-state index in [9.17, 15) is 17.6 Å². The molecule has 0 aromatic heterocycles. The van der Waals surface area contributed by atoms with Gasteiger partial charge in [0.1, 0.15) is 5.82 Å². The second-order valence-electron chi connectivity index (χ2n) is 5.28. The van der Waals surface area contributed by atoms with Crippen LogP contribution in [0.3, 0.4) is 0 Å². The van der Waals surface area contributed by atoms with E-state index < -0.39 is 17.6 Å². The molecule has 1 saturated carbocycles. The van der Waals surface area contributed by atoms with Crippen LogP contribution in [-0.4, -0.2) is 12.6 Å². The van der Waals surface area contributed by atoms with Crippen molar-refractivity contribution in [3.05, 3.63) is 29.6 Å². The lowest BCUT2D eigenvalue weighted by molar-refractivity contribution is -0.137. The summed E-state index contributed by atoms with van der Waals surface area (Å²) in [6.07, 6.45) is -0.412. The van der Waals surface area contributed by atoms with Gasteiger partial charge in [-0.2, -0.15) is 13.2 Å². The van der Waals surface area contributed by atoms with E-state index in [0.29, 0.717) is 12.6 Å². The van der Waals surface area contributed by atoms with Gasteiger partial charge in [0.05, 0.1) is 11.3 Å². The third-order valence-electron chi connectivity index (χ3n) is 3.82. The predicted molar refractivity (Wildman–Crippen MR) is 69.8 cm³/mol. The quantitative estimate of drug-likeness (QED) is 0.832. The van der Waals surface area contributed by atoms with Crippen molar-refractivity contribution >= 4 is 5.69 Å². The maximum absolute atomic E-state index is 13.6. The summed E-state index contributed by atoms with van der Waals surface area (Å²) in [6, 6.07) is 2.61. The van der Waals surface area contributed by atoms with Crippen molar-refractivity contribution < 1.29 is 17.6 Å². The molecule has 0 aliphatic heterocycles. The maximum Gasteiger partial charge on any atom is 0.416 e. The first-order valence-corrected chi connectivity index (χ1v) is 6.74. The van der Waals surface area contributed by atoms with Gasteiger partial charge in [0, 0.05) is 12.6 Å². The lowest BCUT2D eigenvalue weighted by Gasteiger charge is -2.29. The molecule has 0 bridgehead atoms. The normalized spacial score (nSPS) is 23.6. The smallest absolute Gasteiger partial charge is 0.382 e. The molecule has 0 radical (unpaired) electrons. The molecule has 0 heterocycles. The fraction of sp³-hybridized carbons (Fsp3) is 0.571. The van der Waals surface area contributed by atoms with E-state index in [0.717, 1.165) is 37.8 Å². The zero-order valence-electron chi connectivity index (χ0n) is 11.0.